The van der Waals surface area contributed by atoms with E-state index in [0.29, 0.717) is 0 Å². The summed E-state index contributed by atoms with van der Waals surface area (Å²) in [6.07, 6.45) is 1.84. The fraction of sp³-hybridized carbons (Fsp3) is 0.333. The normalized spacial score (nSPS) is 17.7. The number of rotatable bonds is 59. The first-order valence-corrected chi connectivity index (χ1v) is 723. The standard InChI is InChI=1S/C9H11ClO3S.C9H12O.I112/c1-3-7-4-5-8(13-2)9(6-7)14(10,11)12;1-3-8-4-6-9(10-2)7-5-8;1-58(2)60(5)62(7)64(9)66(11)68(13)70(15)72(17)74(19)76(21)78(23)80(25)82(27)84(29)86(31)88(33)90(35)92(37)94(39)96(41)98(43)100(45)102(47)104(49)106(51)108(53)110(55)112(57)111(56)109(54)107(52)105(50)103(48)101(46)99(44)97(42)95(40)93(38)91(36)89(34)87(32)85(30)83(28)81(26)79(24)77(22)75(20)73(18)71(16)69(14)67(12)65(10)63(8)61(6)59(3)4/h4-6H,3H2,1-2H3;4-7H,3H2,1-2H3;. The molecule has 0 saturated carbocycles. The van der Waals surface area contributed by atoms with Crippen molar-refractivity contribution in [3.05, 3.63) is 53.6 Å². The Morgan fingerprint density at radius 3 is 0.404 bits per heavy atom. The van der Waals surface area contributed by atoms with E-state index in [4.69, 9.17) is 20.2 Å². The molecule has 2 aromatic carbocycles. The number of hydrogen-bond donors (Lipinski definition) is 0. The van der Waals surface area contributed by atoms with E-state index >= 15 is 0 Å². The summed E-state index contributed by atoms with van der Waals surface area (Å²) in [5.74, 6) is 1.20. The molecule has 0 aliphatic rings. The molecule has 0 N–H and O–H groups in total. The Hall–Kier alpha value is 80.0. The van der Waals surface area contributed by atoms with Gasteiger partial charge in [0, 0.05) is 10.7 Å². The van der Waals surface area contributed by atoms with Gasteiger partial charge in [-0.15, -0.1) is 0 Å². The van der Waals surface area contributed by atoms with Crippen LogP contribution in [0.15, 0.2) is 47.4 Å². The van der Waals surface area contributed by atoms with Gasteiger partial charge in [0.05, 0.1) is 14.2 Å². The molecular formula is C18H23ClI112O4S. The third kappa shape index (κ3) is 87.6. The third-order valence-electron chi connectivity index (χ3n) is 7.87. The van der Waals surface area contributed by atoms with E-state index in [1.807, 2.05) is 25.1 Å². The Balaban J connectivity index is 0.00000651. The molecular weight excluding hydrogens is 14600 g/mol. The molecule has 0 radical (unpaired) electrons. The molecule has 0 saturated heterocycles. The van der Waals surface area contributed by atoms with Gasteiger partial charge < -0.3 is 9.47 Å². The Kier molecular flexibility index (Phi) is 204. The molecule has 118 heteroatoms. The molecule has 2 aromatic rings. The van der Waals surface area contributed by atoms with Crippen LogP contribution in [0, 0.1) is 0 Å². The minimum absolute atomic E-state index is 0.0287. The van der Waals surface area contributed by atoms with Crippen LogP contribution in [0.4, 0.5) is 0 Å². The fourth-order valence-electron chi connectivity index (χ4n) is 3.63. The van der Waals surface area contributed by atoms with Crippen LogP contribution in [0.5, 0.6) is 11.5 Å². The average molecular weight is 14600 g/mol. The molecule has 0 heterocycles. The van der Waals surface area contributed by atoms with Gasteiger partial charge in [0.25, 0.3) is 9.05 Å². The molecule has 0 fully saturated rings. The minimum atomic E-state index is -3.73. The van der Waals surface area contributed by atoms with E-state index in [1.165, 1.54) is 18.7 Å². The zero-order valence-electron chi connectivity index (χ0n) is 56.7. The fourth-order valence-corrected chi connectivity index (χ4v) is 22200. The monoisotopic (exact) mass is 14600 g/mol. The van der Waals surface area contributed by atoms with E-state index in [-0.39, 0.29) is 10.6 Å². The van der Waals surface area contributed by atoms with Crippen LogP contribution < -0.4 is 9.47 Å². The second-order valence-electron chi connectivity index (χ2n) is 13.9. The summed E-state index contributed by atoms with van der Waals surface area (Å²) in [6, 6.07) is 13.1. The van der Waals surface area contributed by atoms with Gasteiger partial charge in [0.2, 0.25) is 0 Å². The van der Waals surface area contributed by atoms with Crippen LogP contribution in [0.25, 0.3) is 0 Å². The molecule has 0 bridgehead atoms. The van der Waals surface area contributed by atoms with Gasteiger partial charge in [-0.2, -0.15) is 0 Å². The predicted octanol–water partition coefficient (Wildman–Crippen LogP) is 104. The second kappa shape index (κ2) is 128. The number of aryl methyl sites for hydroxylation is 2. The zero-order valence-corrected chi connectivity index (χ0v) is 300. The second-order valence-corrected chi connectivity index (χ2v) is 2700. The first kappa shape index (κ1) is 216. The molecule has 4 nitrogen and oxygen atoms in total. The third-order valence-corrected chi connectivity index (χ3v) is 8930. The molecule has 916 valence electrons. The van der Waals surface area contributed by atoms with Crippen LogP contribution >= 0.6 is 1510 Å². The van der Waals surface area contributed by atoms with Gasteiger partial charge in [0.1, 0.15) is 16.4 Å². The van der Waals surface area contributed by atoms with Crippen LogP contribution in [0.2, 0.25) is 0 Å². The Labute approximate surface area is 1550 Å². The number of hydrogen-bond acceptors (Lipinski definition) is 4. The number of methoxy groups -OCH3 is 2. The van der Waals surface area contributed by atoms with Crippen molar-refractivity contribution < 1.29 is 17.9 Å². The van der Waals surface area contributed by atoms with Crippen molar-refractivity contribution in [1.82, 2.24) is 0 Å². The molecule has 2 rings (SSSR count). The quantitative estimate of drug-likeness (QED) is 0.0489. The van der Waals surface area contributed by atoms with E-state index in [9.17, 15) is 8.42 Å². The summed E-state index contributed by atoms with van der Waals surface area (Å²) in [5, 5.41) is 0. The molecule has 0 spiro atoms. The molecule has 0 aromatic heterocycles. The van der Waals surface area contributed by atoms with E-state index < -0.39 is 443 Å². The van der Waals surface area contributed by atoms with Crippen LogP contribution in [0.3, 0.4) is 0 Å². The van der Waals surface area contributed by atoms with Gasteiger partial charge in [0.15, 0.2) is 0 Å². The predicted molar refractivity (Wildman–Crippen MR) is 1670 cm³/mol. The molecule has 0 unspecified atom stereocenters. The molecule has 0 amide bonds. The number of ether oxygens (including phenoxy) is 2. The summed E-state index contributed by atoms with van der Waals surface area (Å²) in [4.78, 5) is 0.0287. The van der Waals surface area contributed by atoms with Crippen LogP contribution in [-0.2, 0) is 21.9 Å². The number of benzene rings is 2. The Morgan fingerprint density at radius 2 is 0.309 bits per heavy atom. The van der Waals surface area contributed by atoms with Crippen molar-refractivity contribution >= 4 is 1520 Å². The molecule has 0 atom stereocenters. The van der Waals surface area contributed by atoms with Gasteiger partial charge in [-0.1, -0.05) is 32.0 Å². The number of halogens is 113. The van der Waals surface area contributed by atoms with Crippen molar-refractivity contribution in [2.75, 3.05) is 14.2 Å². The van der Waals surface area contributed by atoms with Crippen molar-refractivity contribution in [2.24, 2.45) is 0 Å². The topological polar surface area (TPSA) is 52.6 Å². The molecule has 0 aliphatic carbocycles. The van der Waals surface area contributed by atoms with Crippen molar-refractivity contribution in [3.63, 3.8) is 0 Å². The Morgan fingerprint density at radius 1 is 0.191 bits per heavy atom. The maximum absolute atomic E-state index is 11.2. The summed E-state index contributed by atoms with van der Waals surface area (Å²) in [5.41, 5.74) is 2.26. The summed E-state index contributed by atoms with van der Waals surface area (Å²) in [6.45, 7) is 4.08. The van der Waals surface area contributed by atoms with E-state index in [1.54, 1.807) is 13.2 Å². The summed E-state index contributed by atoms with van der Waals surface area (Å²) < 4.78 is 32.3. The van der Waals surface area contributed by atoms with Crippen molar-refractivity contribution in [1.29, 1.82) is 0 Å². The first-order valence-electron chi connectivity index (χ1n) is 23.5. The van der Waals surface area contributed by atoms with Crippen LogP contribution in [0.1, 0.15) is 25.0 Å². The molecule has 136 heavy (non-hydrogen) atoms. The first-order chi connectivity index (χ1) is 62.3. The van der Waals surface area contributed by atoms with Gasteiger partial charge in [-0.3, -0.25) is 0 Å². The van der Waals surface area contributed by atoms with Gasteiger partial charge >= 0.3 is 1500 Å². The van der Waals surface area contributed by atoms with Crippen LogP contribution in [-0.4, -0.2) is 22.6 Å². The van der Waals surface area contributed by atoms with E-state index in [2.05, 4.69) is 1080 Å². The molecule has 0 aliphatic heterocycles. The van der Waals surface area contributed by atoms with Gasteiger partial charge in [-0.25, -0.2) is 8.42 Å². The zero-order chi connectivity index (χ0) is 107. The van der Waals surface area contributed by atoms with Crippen molar-refractivity contribution in [3.8, 4) is 11.5 Å². The summed E-state index contributed by atoms with van der Waals surface area (Å²) in [7, 11) is -29.7. The average Bonchev–Trinajstić information content (AvgIpc) is 0.846. The van der Waals surface area contributed by atoms with Crippen molar-refractivity contribution in [2.45, 2.75) is 31.6 Å². The SMILES string of the molecule is CCc1ccc(OC)c(S(=O)(=O)Cl)c1.CCc1ccc(OC)cc1.II(I)I(I)I(I)I(I)I(I)I(I)I(I)I(I)I(I)I(I)I(I)I(I)I(I)I(I)I(I)I(I)I(I)I(I)I(I)I(I)I(I)I(I)I(I)I(I)I(I)I(I)I(I)I(I)I(I)I(I)I(I)I(I)I(I)I(I)I(I)I(I)I(I)I(I)I(I)I(I)I(I)I(I)I(I)I(I)I(I)I(I)I(I)I(I)I(I)I(I)I(I)I(I)I(I)I(I)I(I)I. The van der Waals surface area contributed by atoms with Gasteiger partial charge in [-0.05, 0) is 48.2 Å². The Bertz CT molecular complexity index is 3430. The summed E-state index contributed by atoms with van der Waals surface area (Å²) >= 11 is 194. The van der Waals surface area contributed by atoms with E-state index in [0.717, 1.165) is 24.2 Å². The maximum atomic E-state index is 11.2.